The minimum absolute atomic E-state index is 0.00146. The van der Waals surface area contributed by atoms with Crippen LogP contribution >= 0.6 is 0 Å². The number of ether oxygens (including phenoxy) is 4. The molecule has 0 aliphatic carbocycles. The molecule has 0 aliphatic rings. The summed E-state index contributed by atoms with van der Waals surface area (Å²) in [7, 11) is 2.45. The number of carbonyl (C=O) groups is 2. The molecule has 0 unspecified atom stereocenters. The first kappa shape index (κ1) is 32.0. The summed E-state index contributed by atoms with van der Waals surface area (Å²) in [6.07, 6.45) is 0. The standard InChI is InChI=1S/C29H34FN3O8S/c1-19(29(35)31-2)32(17-20-9-7-8-10-23(20)30)28(34)18-33(24-15-21(38-3)11-13-25(24)39-4)42(36,37)22-12-14-26(40-5)27(16-22)41-6/h7-16,19H,17-18H2,1-6H3,(H,31,35)/t19-/m0/s1. The number of carbonyl (C=O) groups excluding carboxylic acids is 2. The molecule has 0 saturated heterocycles. The average molecular weight is 604 g/mol. The summed E-state index contributed by atoms with van der Waals surface area (Å²) < 4.78 is 65.2. The Hall–Kier alpha value is -4.52. The Bertz CT molecular complexity index is 1530. The van der Waals surface area contributed by atoms with E-state index in [0.717, 1.165) is 9.21 Å². The molecule has 3 rings (SSSR count). The van der Waals surface area contributed by atoms with Crippen LogP contribution in [0.2, 0.25) is 0 Å². The van der Waals surface area contributed by atoms with Crippen LogP contribution in [0.5, 0.6) is 23.0 Å². The first-order valence-corrected chi connectivity index (χ1v) is 14.2. The van der Waals surface area contributed by atoms with Gasteiger partial charge in [0.05, 0.1) is 39.0 Å². The monoisotopic (exact) mass is 603 g/mol. The number of nitrogens with zero attached hydrogens (tertiary/aromatic N) is 2. The Morgan fingerprint density at radius 2 is 1.52 bits per heavy atom. The average Bonchev–Trinajstić information content (AvgIpc) is 3.01. The van der Waals surface area contributed by atoms with Gasteiger partial charge in [-0.1, -0.05) is 18.2 Å². The number of hydrogen-bond donors (Lipinski definition) is 1. The van der Waals surface area contributed by atoms with Gasteiger partial charge in [-0.05, 0) is 37.3 Å². The molecule has 0 fully saturated rings. The Kier molecular flexibility index (Phi) is 10.6. The maximum absolute atomic E-state index is 14.6. The highest BCUT2D eigenvalue weighted by atomic mass is 32.2. The van der Waals surface area contributed by atoms with Crippen molar-refractivity contribution >= 4 is 27.5 Å². The van der Waals surface area contributed by atoms with Crippen LogP contribution in [-0.2, 0) is 26.2 Å². The van der Waals surface area contributed by atoms with Crippen LogP contribution in [0.1, 0.15) is 12.5 Å². The van der Waals surface area contributed by atoms with Gasteiger partial charge in [-0.25, -0.2) is 12.8 Å². The molecule has 0 bridgehead atoms. The molecule has 0 saturated carbocycles. The molecule has 11 nitrogen and oxygen atoms in total. The SMILES string of the molecule is CNC(=O)[C@H](C)N(Cc1ccccc1F)C(=O)CN(c1cc(OC)ccc1OC)S(=O)(=O)c1ccc(OC)c(OC)c1. The van der Waals surface area contributed by atoms with Crippen molar-refractivity contribution in [3.8, 4) is 23.0 Å². The second-order valence-electron chi connectivity index (χ2n) is 8.97. The molecule has 42 heavy (non-hydrogen) atoms. The number of likely N-dealkylation sites (N-methyl/N-ethyl adjacent to an activating group) is 1. The molecule has 2 amide bonds. The van der Waals surface area contributed by atoms with E-state index in [1.807, 2.05) is 0 Å². The summed E-state index contributed by atoms with van der Waals surface area (Å²) >= 11 is 0. The van der Waals surface area contributed by atoms with Gasteiger partial charge < -0.3 is 29.2 Å². The third kappa shape index (κ3) is 6.85. The van der Waals surface area contributed by atoms with Crippen molar-refractivity contribution < 1.29 is 41.3 Å². The lowest BCUT2D eigenvalue weighted by Crippen LogP contribution is -2.50. The smallest absolute Gasteiger partial charge is 0.265 e. The van der Waals surface area contributed by atoms with Gasteiger partial charge in [0, 0.05) is 31.3 Å². The highest BCUT2D eigenvalue weighted by Crippen LogP contribution is 2.37. The van der Waals surface area contributed by atoms with E-state index >= 15 is 0 Å². The number of amides is 2. The van der Waals surface area contributed by atoms with Crippen LogP contribution < -0.4 is 28.6 Å². The van der Waals surface area contributed by atoms with E-state index in [1.165, 1.54) is 90.9 Å². The van der Waals surface area contributed by atoms with Crippen molar-refractivity contribution in [1.29, 1.82) is 0 Å². The Morgan fingerprint density at radius 1 is 0.881 bits per heavy atom. The highest BCUT2D eigenvalue weighted by molar-refractivity contribution is 7.92. The lowest BCUT2D eigenvalue weighted by atomic mass is 10.1. The first-order valence-electron chi connectivity index (χ1n) is 12.7. The number of hydrogen-bond acceptors (Lipinski definition) is 8. The molecular formula is C29H34FN3O8S. The lowest BCUT2D eigenvalue weighted by Gasteiger charge is -2.32. The predicted octanol–water partition coefficient (Wildman–Crippen LogP) is 3.22. The minimum Gasteiger partial charge on any atom is -0.497 e. The van der Waals surface area contributed by atoms with Crippen molar-refractivity contribution in [2.75, 3.05) is 46.3 Å². The van der Waals surface area contributed by atoms with Crippen molar-refractivity contribution in [1.82, 2.24) is 10.2 Å². The summed E-state index contributed by atoms with van der Waals surface area (Å²) in [5.41, 5.74) is 0.147. The molecule has 0 heterocycles. The zero-order chi connectivity index (χ0) is 31.0. The van der Waals surface area contributed by atoms with Gasteiger partial charge in [0.25, 0.3) is 10.0 Å². The Balaban J connectivity index is 2.18. The summed E-state index contributed by atoms with van der Waals surface area (Å²) in [6, 6.07) is 13.2. The van der Waals surface area contributed by atoms with Gasteiger partial charge in [0.2, 0.25) is 11.8 Å². The van der Waals surface area contributed by atoms with Crippen LogP contribution in [0.15, 0.2) is 65.6 Å². The van der Waals surface area contributed by atoms with E-state index in [2.05, 4.69) is 5.32 Å². The summed E-state index contributed by atoms with van der Waals surface area (Å²) in [4.78, 5) is 27.5. The third-order valence-electron chi connectivity index (χ3n) is 6.59. The van der Waals surface area contributed by atoms with Gasteiger partial charge in [-0.15, -0.1) is 0 Å². The van der Waals surface area contributed by atoms with E-state index < -0.39 is 40.2 Å². The number of sulfonamides is 1. The number of halogens is 1. The highest BCUT2D eigenvalue weighted by Gasteiger charge is 2.34. The summed E-state index contributed by atoms with van der Waals surface area (Å²) in [6.45, 7) is 0.409. The number of benzene rings is 3. The van der Waals surface area contributed by atoms with Gasteiger partial charge in [0.1, 0.15) is 29.9 Å². The normalized spacial score (nSPS) is 11.7. The summed E-state index contributed by atoms with van der Waals surface area (Å²) in [5.74, 6) is -0.995. The van der Waals surface area contributed by atoms with E-state index in [-0.39, 0.29) is 34.2 Å². The molecule has 13 heteroatoms. The zero-order valence-electron chi connectivity index (χ0n) is 24.2. The molecule has 0 aliphatic heterocycles. The van der Waals surface area contributed by atoms with Gasteiger partial charge in [-0.2, -0.15) is 0 Å². The Morgan fingerprint density at radius 3 is 2.12 bits per heavy atom. The quantitative estimate of drug-likeness (QED) is 0.316. The fraction of sp³-hybridized carbons (Fsp3) is 0.310. The van der Waals surface area contributed by atoms with Crippen molar-refractivity contribution in [2.24, 2.45) is 0 Å². The maximum atomic E-state index is 14.6. The van der Waals surface area contributed by atoms with Crippen LogP contribution in [0.4, 0.5) is 10.1 Å². The van der Waals surface area contributed by atoms with E-state index in [0.29, 0.717) is 11.5 Å². The predicted molar refractivity (Wildman–Crippen MR) is 154 cm³/mol. The topological polar surface area (TPSA) is 124 Å². The van der Waals surface area contributed by atoms with E-state index in [9.17, 15) is 22.4 Å². The fourth-order valence-corrected chi connectivity index (χ4v) is 5.64. The molecule has 1 N–H and O–H groups in total. The van der Waals surface area contributed by atoms with Gasteiger partial charge in [-0.3, -0.25) is 13.9 Å². The summed E-state index contributed by atoms with van der Waals surface area (Å²) in [5, 5.41) is 2.48. The second kappa shape index (κ2) is 13.9. The van der Waals surface area contributed by atoms with Crippen molar-refractivity contribution in [2.45, 2.75) is 24.4 Å². The second-order valence-corrected chi connectivity index (χ2v) is 10.8. The van der Waals surface area contributed by atoms with Gasteiger partial charge in [0.15, 0.2) is 11.5 Å². The zero-order valence-corrected chi connectivity index (χ0v) is 25.0. The van der Waals surface area contributed by atoms with Crippen LogP contribution in [0, 0.1) is 5.82 Å². The van der Waals surface area contributed by atoms with Crippen LogP contribution in [0.3, 0.4) is 0 Å². The molecule has 3 aromatic carbocycles. The van der Waals surface area contributed by atoms with Crippen LogP contribution in [-0.4, -0.2) is 73.2 Å². The van der Waals surface area contributed by atoms with Gasteiger partial charge >= 0.3 is 0 Å². The van der Waals surface area contributed by atoms with Crippen molar-refractivity contribution in [3.05, 3.63) is 72.0 Å². The lowest BCUT2D eigenvalue weighted by molar-refractivity contribution is -0.139. The molecule has 3 aromatic rings. The molecule has 226 valence electrons. The first-order chi connectivity index (χ1) is 20.0. The molecule has 0 spiro atoms. The third-order valence-corrected chi connectivity index (χ3v) is 8.34. The molecular weight excluding hydrogens is 569 g/mol. The molecule has 1 atom stereocenters. The van der Waals surface area contributed by atoms with Crippen molar-refractivity contribution in [3.63, 3.8) is 0 Å². The molecule has 0 aromatic heterocycles. The number of nitrogens with one attached hydrogen (secondary N) is 1. The number of anilines is 1. The fourth-order valence-electron chi connectivity index (χ4n) is 4.21. The van der Waals surface area contributed by atoms with Crippen LogP contribution in [0.25, 0.3) is 0 Å². The Labute approximate surface area is 244 Å². The minimum atomic E-state index is -4.49. The van der Waals surface area contributed by atoms with E-state index in [1.54, 1.807) is 12.1 Å². The number of methoxy groups -OCH3 is 4. The van der Waals surface area contributed by atoms with E-state index in [4.69, 9.17) is 18.9 Å². The maximum Gasteiger partial charge on any atom is 0.265 e. The largest absolute Gasteiger partial charge is 0.497 e. The number of rotatable bonds is 13. The molecule has 0 radical (unpaired) electrons.